The molecule has 0 radical (unpaired) electrons. The number of rotatable bonds is 8. The summed E-state index contributed by atoms with van der Waals surface area (Å²) in [6.45, 7) is 4.49. The highest BCUT2D eigenvalue weighted by atomic mass is 14.8. The molecular weight excluding hydrogens is 344 g/mol. The molecule has 4 rings (SSSR count). The third-order valence-corrected chi connectivity index (χ3v) is 5.44. The zero-order valence-corrected chi connectivity index (χ0v) is 16.9. The standard InChI is InChI=1S/C24H28N4/c1-3-5-7-13-19-20(14-8-6-4-2)28-24-18-12-10-16-26-22(18)21-17(23(24)27-19)11-9-15-25-21/h9-12,15-16H,3-8,13-14H2,1-2H3. The fourth-order valence-electron chi connectivity index (χ4n) is 3.94. The number of unbranched alkanes of at least 4 members (excludes halogenated alkanes) is 4. The molecule has 0 spiro atoms. The van der Waals surface area contributed by atoms with E-state index < -0.39 is 0 Å². The molecule has 28 heavy (non-hydrogen) atoms. The predicted molar refractivity (Wildman–Crippen MR) is 117 cm³/mol. The monoisotopic (exact) mass is 372 g/mol. The van der Waals surface area contributed by atoms with Crippen molar-refractivity contribution in [2.45, 2.75) is 65.2 Å². The van der Waals surface area contributed by atoms with E-state index in [1.165, 1.54) is 49.9 Å². The summed E-state index contributed by atoms with van der Waals surface area (Å²) in [6, 6.07) is 8.15. The van der Waals surface area contributed by atoms with Gasteiger partial charge in [-0.15, -0.1) is 0 Å². The second kappa shape index (κ2) is 8.59. The zero-order valence-electron chi connectivity index (χ0n) is 16.9. The van der Waals surface area contributed by atoms with Gasteiger partial charge in [-0.25, -0.2) is 9.97 Å². The maximum Gasteiger partial charge on any atom is 0.0992 e. The molecule has 0 amide bonds. The van der Waals surface area contributed by atoms with E-state index in [1.54, 1.807) is 0 Å². The predicted octanol–water partition coefficient (Wildman–Crippen LogP) is 6.19. The molecule has 0 atom stereocenters. The van der Waals surface area contributed by atoms with Crippen LogP contribution in [0.15, 0.2) is 36.7 Å². The number of hydrogen-bond acceptors (Lipinski definition) is 4. The van der Waals surface area contributed by atoms with Gasteiger partial charge in [-0.3, -0.25) is 9.97 Å². The molecule has 3 heterocycles. The van der Waals surface area contributed by atoms with Gasteiger partial charge in [0.25, 0.3) is 0 Å². The quantitative estimate of drug-likeness (QED) is 0.273. The van der Waals surface area contributed by atoms with Crippen molar-refractivity contribution in [1.29, 1.82) is 0 Å². The van der Waals surface area contributed by atoms with Crippen LogP contribution in [0.1, 0.15) is 63.8 Å². The average molecular weight is 373 g/mol. The summed E-state index contributed by atoms with van der Waals surface area (Å²) >= 11 is 0. The molecule has 0 fully saturated rings. The van der Waals surface area contributed by atoms with Gasteiger partial charge in [0.15, 0.2) is 0 Å². The Hall–Kier alpha value is -2.62. The number of aromatic nitrogens is 4. The Kier molecular flexibility index (Phi) is 5.75. The fraction of sp³-hybridized carbons (Fsp3) is 0.417. The van der Waals surface area contributed by atoms with E-state index in [4.69, 9.17) is 9.97 Å². The normalized spacial score (nSPS) is 11.6. The summed E-state index contributed by atoms with van der Waals surface area (Å²) in [5.41, 5.74) is 6.11. The molecule has 144 valence electrons. The lowest BCUT2D eigenvalue weighted by molar-refractivity contribution is 0.676. The molecule has 0 unspecified atom stereocenters. The molecule has 0 N–H and O–H groups in total. The Morgan fingerprint density at radius 3 is 1.50 bits per heavy atom. The molecule has 4 heteroatoms. The molecule has 0 saturated carbocycles. The Balaban J connectivity index is 1.95. The van der Waals surface area contributed by atoms with Crippen LogP contribution < -0.4 is 0 Å². The van der Waals surface area contributed by atoms with E-state index in [0.717, 1.165) is 45.7 Å². The van der Waals surface area contributed by atoms with Crippen LogP contribution in [0.25, 0.3) is 32.8 Å². The highest BCUT2D eigenvalue weighted by molar-refractivity contribution is 6.20. The van der Waals surface area contributed by atoms with E-state index in [0.29, 0.717) is 0 Å². The molecule has 1 aromatic carbocycles. The SMILES string of the molecule is CCCCCc1nc2c3cccnc3c3ncccc3c2nc1CCCCC. The van der Waals surface area contributed by atoms with Gasteiger partial charge in [-0.05, 0) is 49.9 Å². The Morgan fingerprint density at radius 1 is 0.607 bits per heavy atom. The Bertz CT molecular complexity index is 1020. The van der Waals surface area contributed by atoms with E-state index in [-0.39, 0.29) is 0 Å². The van der Waals surface area contributed by atoms with Crippen LogP contribution in [0.5, 0.6) is 0 Å². The second-order valence-electron chi connectivity index (χ2n) is 7.53. The molecule has 0 bridgehead atoms. The van der Waals surface area contributed by atoms with Crippen LogP contribution in [-0.2, 0) is 12.8 Å². The average Bonchev–Trinajstić information content (AvgIpc) is 2.74. The first-order valence-corrected chi connectivity index (χ1v) is 10.6. The number of hydrogen-bond donors (Lipinski definition) is 0. The number of fused-ring (bicyclic) bond motifs is 6. The lowest BCUT2D eigenvalue weighted by Crippen LogP contribution is -2.04. The Labute approximate surface area is 166 Å². The van der Waals surface area contributed by atoms with Gasteiger partial charge in [0, 0.05) is 23.2 Å². The number of benzene rings is 1. The Morgan fingerprint density at radius 2 is 1.07 bits per heavy atom. The van der Waals surface area contributed by atoms with Crippen molar-refractivity contribution < 1.29 is 0 Å². The van der Waals surface area contributed by atoms with Crippen molar-refractivity contribution in [1.82, 2.24) is 19.9 Å². The smallest absolute Gasteiger partial charge is 0.0992 e. The lowest BCUT2D eigenvalue weighted by atomic mass is 10.0. The van der Waals surface area contributed by atoms with Crippen molar-refractivity contribution >= 4 is 32.8 Å². The van der Waals surface area contributed by atoms with Crippen LogP contribution >= 0.6 is 0 Å². The molecule has 4 nitrogen and oxygen atoms in total. The van der Waals surface area contributed by atoms with Crippen LogP contribution in [0.3, 0.4) is 0 Å². The maximum absolute atomic E-state index is 5.17. The highest BCUT2D eigenvalue weighted by Gasteiger charge is 2.16. The summed E-state index contributed by atoms with van der Waals surface area (Å²) in [5.74, 6) is 0. The molecule has 3 aromatic heterocycles. The van der Waals surface area contributed by atoms with Gasteiger partial charge < -0.3 is 0 Å². The van der Waals surface area contributed by atoms with Crippen molar-refractivity contribution in [2.24, 2.45) is 0 Å². The first-order chi connectivity index (χ1) is 13.8. The molecule has 0 aliphatic carbocycles. The van der Waals surface area contributed by atoms with Gasteiger partial charge in [-0.2, -0.15) is 0 Å². The molecule has 4 aromatic rings. The summed E-state index contributed by atoms with van der Waals surface area (Å²) in [6.07, 6.45) is 12.9. The third-order valence-electron chi connectivity index (χ3n) is 5.44. The molecule has 0 saturated heterocycles. The van der Waals surface area contributed by atoms with Crippen molar-refractivity contribution in [3.63, 3.8) is 0 Å². The summed E-state index contributed by atoms with van der Waals surface area (Å²) in [7, 11) is 0. The van der Waals surface area contributed by atoms with Crippen molar-refractivity contribution in [3.05, 3.63) is 48.0 Å². The van der Waals surface area contributed by atoms with Gasteiger partial charge in [0.05, 0.1) is 33.5 Å². The van der Waals surface area contributed by atoms with Gasteiger partial charge >= 0.3 is 0 Å². The minimum Gasteiger partial charge on any atom is -0.254 e. The van der Waals surface area contributed by atoms with Gasteiger partial charge in [-0.1, -0.05) is 39.5 Å². The summed E-state index contributed by atoms with van der Waals surface area (Å²) in [4.78, 5) is 19.6. The van der Waals surface area contributed by atoms with E-state index in [9.17, 15) is 0 Å². The van der Waals surface area contributed by atoms with Gasteiger partial charge in [0.2, 0.25) is 0 Å². The minimum absolute atomic E-state index is 0.915. The topological polar surface area (TPSA) is 51.6 Å². The van der Waals surface area contributed by atoms with E-state index >= 15 is 0 Å². The van der Waals surface area contributed by atoms with Crippen molar-refractivity contribution in [3.8, 4) is 0 Å². The molecule has 0 aliphatic rings. The number of nitrogens with zero attached hydrogens (tertiary/aromatic N) is 4. The first-order valence-electron chi connectivity index (χ1n) is 10.6. The summed E-state index contributed by atoms with van der Waals surface area (Å²) in [5, 5.41) is 2.10. The van der Waals surface area contributed by atoms with Crippen LogP contribution in [0, 0.1) is 0 Å². The summed E-state index contributed by atoms with van der Waals surface area (Å²) < 4.78 is 0. The number of pyridine rings is 2. The highest BCUT2D eigenvalue weighted by Crippen LogP contribution is 2.31. The third kappa shape index (κ3) is 3.56. The molecular formula is C24H28N4. The van der Waals surface area contributed by atoms with Gasteiger partial charge in [0.1, 0.15) is 0 Å². The lowest BCUT2D eigenvalue weighted by Gasteiger charge is -2.13. The number of aryl methyl sites for hydroxylation is 2. The zero-order chi connectivity index (χ0) is 19.3. The molecule has 0 aliphatic heterocycles. The largest absolute Gasteiger partial charge is 0.254 e. The van der Waals surface area contributed by atoms with Crippen LogP contribution in [0.2, 0.25) is 0 Å². The van der Waals surface area contributed by atoms with E-state index in [2.05, 4.69) is 35.9 Å². The van der Waals surface area contributed by atoms with Crippen LogP contribution in [0.4, 0.5) is 0 Å². The first kappa shape index (κ1) is 18.7. The maximum atomic E-state index is 5.17. The van der Waals surface area contributed by atoms with Crippen LogP contribution in [-0.4, -0.2) is 19.9 Å². The second-order valence-corrected chi connectivity index (χ2v) is 7.53. The minimum atomic E-state index is 0.915. The fourth-order valence-corrected chi connectivity index (χ4v) is 3.94. The van der Waals surface area contributed by atoms with Crippen molar-refractivity contribution in [2.75, 3.05) is 0 Å². The van der Waals surface area contributed by atoms with E-state index in [1.807, 2.05) is 24.5 Å².